The molecule has 0 saturated carbocycles. The second kappa shape index (κ2) is 7.80. The van der Waals surface area contributed by atoms with Gasteiger partial charge in [0.05, 0.1) is 11.8 Å². The lowest BCUT2D eigenvalue weighted by Gasteiger charge is -2.24. The van der Waals surface area contributed by atoms with Crippen LogP contribution in [0.2, 0.25) is 0 Å². The van der Waals surface area contributed by atoms with Crippen molar-refractivity contribution < 1.29 is 9.53 Å². The lowest BCUT2D eigenvalue weighted by atomic mass is 10.2. The molecule has 0 spiro atoms. The molecule has 0 aromatic carbocycles. The van der Waals surface area contributed by atoms with Crippen molar-refractivity contribution in [2.75, 3.05) is 13.2 Å². The fourth-order valence-corrected chi connectivity index (χ4v) is 3.76. The molecule has 1 aliphatic heterocycles. The number of ether oxygens (including phenoxy) is 1. The maximum atomic E-state index is 13.1. The number of amides is 1. The largest absolute Gasteiger partial charge is 0.376 e. The van der Waals surface area contributed by atoms with Crippen molar-refractivity contribution in [3.63, 3.8) is 0 Å². The van der Waals surface area contributed by atoms with E-state index in [2.05, 4.69) is 20.6 Å². The highest BCUT2D eigenvalue weighted by Crippen LogP contribution is 2.20. The van der Waals surface area contributed by atoms with Gasteiger partial charge in [-0.2, -0.15) is 16.4 Å². The van der Waals surface area contributed by atoms with Crippen LogP contribution in [0.1, 0.15) is 28.9 Å². The summed E-state index contributed by atoms with van der Waals surface area (Å²) in [7, 11) is 0. The van der Waals surface area contributed by atoms with E-state index in [1.807, 2.05) is 34.5 Å². The van der Waals surface area contributed by atoms with Crippen LogP contribution in [0.5, 0.6) is 0 Å². The molecule has 1 saturated heterocycles. The molecule has 4 heterocycles. The van der Waals surface area contributed by atoms with Crippen LogP contribution in [0.3, 0.4) is 0 Å². The number of carbonyl (C=O) groups excluding carboxylic acids is 1. The van der Waals surface area contributed by atoms with Crippen LogP contribution in [0.15, 0.2) is 47.3 Å². The van der Waals surface area contributed by atoms with Gasteiger partial charge in [-0.3, -0.25) is 14.9 Å². The monoisotopic (exact) mass is 368 g/mol. The number of carbonyl (C=O) groups is 1. The molecule has 1 aliphatic rings. The zero-order valence-electron chi connectivity index (χ0n) is 14.3. The van der Waals surface area contributed by atoms with E-state index >= 15 is 0 Å². The summed E-state index contributed by atoms with van der Waals surface area (Å²) in [6.07, 6.45) is 3.87. The zero-order valence-corrected chi connectivity index (χ0v) is 15.1. The van der Waals surface area contributed by atoms with E-state index < -0.39 is 0 Å². The third-order valence-corrected chi connectivity index (χ3v) is 5.16. The van der Waals surface area contributed by atoms with Crippen LogP contribution in [-0.4, -0.2) is 45.2 Å². The Bertz CT molecular complexity index is 842. The third-order valence-electron chi connectivity index (χ3n) is 4.42. The van der Waals surface area contributed by atoms with Gasteiger partial charge in [-0.1, -0.05) is 6.07 Å². The molecule has 3 aromatic rings. The topological polar surface area (TPSA) is 71.1 Å². The van der Waals surface area contributed by atoms with Gasteiger partial charge in [-0.05, 0) is 53.4 Å². The van der Waals surface area contributed by atoms with Gasteiger partial charge in [0.25, 0.3) is 5.91 Å². The summed E-state index contributed by atoms with van der Waals surface area (Å²) >= 11 is 1.64. The Morgan fingerprint density at radius 3 is 3.04 bits per heavy atom. The lowest BCUT2D eigenvalue weighted by molar-refractivity contribution is 0.0503. The summed E-state index contributed by atoms with van der Waals surface area (Å²) in [4.78, 5) is 19.2. The van der Waals surface area contributed by atoms with Crippen LogP contribution in [0.4, 0.5) is 0 Å². The van der Waals surface area contributed by atoms with Gasteiger partial charge in [-0.25, -0.2) is 0 Å². The molecular formula is C19H20N4O2S. The highest BCUT2D eigenvalue weighted by molar-refractivity contribution is 7.07. The highest BCUT2D eigenvalue weighted by atomic mass is 32.1. The van der Waals surface area contributed by atoms with Crippen molar-refractivity contribution in [2.24, 2.45) is 0 Å². The molecule has 1 N–H and O–H groups in total. The molecule has 0 unspecified atom stereocenters. The SMILES string of the molecule is O=C(c1cc(-c2ccccn2)n[nH]1)N(Cc1ccsc1)C[C@H]1CCCO1. The van der Waals surface area contributed by atoms with Crippen molar-refractivity contribution in [2.45, 2.75) is 25.5 Å². The number of nitrogens with zero attached hydrogens (tertiary/aromatic N) is 3. The van der Waals surface area contributed by atoms with E-state index in [1.54, 1.807) is 23.6 Å². The van der Waals surface area contributed by atoms with Gasteiger partial charge in [-0.15, -0.1) is 0 Å². The van der Waals surface area contributed by atoms with Crippen LogP contribution >= 0.6 is 11.3 Å². The summed E-state index contributed by atoms with van der Waals surface area (Å²) in [5, 5.41) is 11.2. The van der Waals surface area contributed by atoms with E-state index in [9.17, 15) is 4.79 Å². The number of aromatic amines is 1. The van der Waals surface area contributed by atoms with Crippen molar-refractivity contribution in [3.05, 3.63) is 58.5 Å². The highest BCUT2D eigenvalue weighted by Gasteiger charge is 2.25. The lowest BCUT2D eigenvalue weighted by Crippen LogP contribution is -2.37. The van der Waals surface area contributed by atoms with Gasteiger partial charge in [0.2, 0.25) is 0 Å². The number of thiophene rings is 1. The minimum Gasteiger partial charge on any atom is -0.376 e. The molecule has 0 aliphatic carbocycles. The minimum atomic E-state index is -0.0682. The fraction of sp³-hybridized carbons (Fsp3) is 0.316. The third kappa shape index (κ3) is 3.84. The minimum absolute atomic E-state index is 0.0682. The van der Waals surface area contributed by atoms with Crippen LogP contribution < -0.4 is 0 Å². The van der Waals surface area contributed by atoms with Gasteiger partial charge >= 0.3 is 0 Å². The van der Waals surface area contributed by atoms with Crippen LogP contribution in [0, 0.1) is 0 Å². The molecule has 1 atom stereocenters. The predicted molar refractivity (Wildman–Crippen MR) is 99.9 cm³/mol. The number of H-pyrrole nitrogens is 1. The number of hydrogen-bond donors (Lipinski definition) is 1. The molecule has 1 amide bonds. The molecule has 134 valence electrons. The van der Waals surface area contributed by atoms with Gasteiger partial charge in [0.1, 0.15) is 11.4 Å². The molecule has 7 heteroatoms. The van der Waals surface area contributed by atoms with Gasteiger partial charge in [0, 0.05) is 25.9 Å². The Morgan fingerprint density at radius 2 is 2.31 bits per heavy atom. The van der Waals surface area contributed by atoms with Crippen molar-refractivity contribution in [1.82, 2.24) is 20.1 Å². The van der Waals surface area contributed by atoms with Crippen LogP contribution in [0.25, 0.3) is 11.4 Å². The standard InChI is InChI=1S/C19H20N4O2S/c24-19(18-10-17(21-22-18)16-5-1-2-7-20-16)23(11-14-6-9-26-13-14)12-15-4-3-8-25-15/h1-2,5-7,9-10,13,15H,3-4,8,11-12H2,(H,21,22)/t15-/m1/s1. The Labute approximate surface area is 155 Å². The summed E-state index contributed by atoms with van der Waals surface area (Å²) < 4.78 is 5.74. The van der Waals surface area contributed by atoms with Crippen molar-refractivity contribution in [3.8, 4) is 11.4 Å². The quantitative estimate of drug-likeness (QED) is 0.724. The second-order valence-corrected chi connectivity index (χ2v) is 7.11. The Morgan fingerprint density at radius 1 is 1.35 bits per heavy atom. The first-order valence-electron chi connectivity index (χ1n) is 8.68. The zero-order chi connectivity index (χ0) is 17.8. The van der Waals surface area contributed by atoms with Gasteiger partial charge in [0.15, 0.2) is 0 Å². The molecular weight excluding hydrogens is 348 g/mol. The van der Waals surface area contributed by atoms with E-state index in [-0.39, 0.29) is 12.0 Å². The average molecular weight is 368 g/mol. The number of pyridine rings is 1. The summed E-state index contributed by atoms with van der Waals surface area (Å²) in [6.45, 7) is 1.94. The molecule has 6 nitrogen and oxygen atoms in total. The molecule has 3 aromatic heterocycles. The maximum Gasteiger partial charge on any atom is 0.272 e. The number of rotatable bonds is 6. The van der Waals surface area contributed by atoms with Crippen molar-refractivity contribution >= 4 is 17.2 Å². The number of hydrogen-bond acceptors (Lipinski definition) is 5. The van der Waals surface area contributed by atoms with E-state index in [0.717, 1.165) is 30.7 Å². The van der Waals surface area contributed by atoms with E-state index in [1.165, 1.54) is 0 Å². The Kier molecular flexibility index (Phi) is 5.08. The first kappa shape index (κ1) is 16.9. The fourth-order valence-electron chi connectivity index (χ4n) is 3.10. The summed E-state index contributed by atoms with van der Waals surface area (Å²) in [5.74, 6) is -0.0682. The Balaban J connectivity index is 1.54. The van der Waals surface area contributed by atoms with E-state index in [0.29, 0.717) is 24.5 Å². The van der Waals surface area contributed by atoms with E-state index in [4.69, 9.17) is 4.74 Å². The van der Waals surface area contributed by atoms with Crippen LogP contribution in [-0.2, 0) is 11.3 Å². The second-order valence-electron chi connectivity index (χ2n) is 6.33. The molecule has 4 rings (SSSR count). The average Bonchev–Trinajstić information content (AvgIpc) is 3.44. The molecule has 0 bridgehead atoms. The molecule has 26 heavy (non-hydrogen) atoms. The summed E-state index contributed by atoms with van der Waals surface area (Å²) in [5.41, 5.74) is 3.01. The predicted octanol–water partition coefficient (Wildman–Crippen LogP) is 3.35. The molecule has 0 radical (unpaired) electrons. The van der Waals surface area contributed by atoms with Crippen molar-refractivity contribution in [1.29, 1.82) is 0 Å². The first-order chi connectivity index (χ1) is 12.8. The number of aromatic nitrogens is 3. The normalized spacial score (nSPS) is 16.7. The Hall–Kier alpha value is -2.51. The summed E-state index contributed by atoms with van der Waals surface area (Å²) in [6, 6.07) is 9.44. The van der Waals surface area contributed by atoms with Gasteiger partial charge < -0.3 is 9.64 Å². The molecule has 1 fully saturated rings. The maximum absolute atomic E-state index is 13.1. The number of nitrogens with one attached hydrogen (secondary N) is 1. The smallest absolute Gasteiger partial charge is 0.272 e. The first-order valence-corrected chi connectivity index (χ1v) is 9.62.